The van der Waals surface area contributed by atoms with Crippen LogP contribution in [-0.2, 0) is 10.0 Å². The predicted octanol–water partition coefficient (Wildman–Crippen LogP) is 2.60. The smallest absolute Gasteiger partial charge is 0.321 e. The first-order chi connectivity index (χ1) is 12.4. The molecular formula is C17H22N4O3S2. The number of urea groups is 1. The van der Waals surface area contributed by atoms with Crippen molar-refractivity contribution in [2.75, 3.05) is 31.2 Å². The summed E-state index contributed by atoms with van der Waals surface area (Å²) in [5.74, 6) is 0.136. The molecule has 0 saturated carbocycles. The van der Waals surface area contributed by atoms with Crippen molar-refractivity contribution in [1.29, 1.82) is 0 Å². The molecule has 9 heteroatoms. The van der Waals surface area contributed by atoms with Crippen LogP contribution in [0.2, 0.25) is 0 Å². The number of hydrogen-bond donors (Lipinski definition) is 2. The molecule has 2 amide bonds. The summed E-state index contributed by atoms with van der Waals surface area (Å²) >= 11 is 1.57. The van der Waals surface area contributed by atoms with Gasteiger partial charge in [0.2, 0.25) is 10.0 Å². The minimum atomic E-state index is -3.21. The molecule has 1 aromatic carbocycles. The van der Waals surface area contributed by atoms with E-state index in [1.165, 1.54) is 0 Å². The van der Waals surface area contributed by atoms with E-state index in [1.54, 1.807) is 22.4 Å². The van der Waals surface area contributed by atoms with Gasteiger partial charge >= 0.3 is 6.03 Å². The molecule has 3 rings (SSSR count). The van der Waals surface area contributed by atoms with Crippen molar-refractivity contribution >= 4 is 33.1 Å². The van der Waals surface area contributed by atoms with Gasteiger partial charge in [0, 0.05) is 42.5 Å². The normalized spacial score (nSPS) is 17.9. The summed E-state index contributed by atoms with van der Waals surface area (Å²) in [6, 6.07) is 7.44. The molecule has 2 N–H and O–H groups in total. The Morgan fingerprint density at radius 3 is 2.77 bits per heavy atom. The van der Waals surface area contributed by atoms with E-state index in [0.717, 1.165) is 35.4 Å². The number of piperidine rings is 1. The molecule has 0 bridgehead atoms. The number of amides is 2. The number of thiazole rings is 1. The average Bonchev–Trinajstić information content (AvgIpc) is 3.15. The summed E-state index contributed by atoms with van der Waals surface area (Å²) in [6.45, 7) is 1.59. The lowest BCUT2D eigenvalue weighted by Gasteiger charge is -2.32. The van der Waals surface area contributed by atoms with E-state index >= 15 is 0 Å². The molecule has 140 valence electrons. The number of likely N-dealkylation sites (tertiary alicyclic amines) is 1. The van der Waals surface area contributed by atoms with Crippen LogP contribution in [0.15, 0.2) is 35.8 Å². The van der Waals surface area contributed by atoms with Gasteiger partial charge in [-0.15, -0.1) is 11.3 Å². The van der Waals surface area contributed by atoms with Gasteiger partial charge in [-0.2, -0.15) is 0 Å². The first-order valence-electron chi connectivity index (χ1n) is 8.41. The number of nitrogens with one attached hydrogen (secondary N) is 2. The Morgan fingerprint density at radius 2 is 2.12 bits per heavy atom. The molecule has 0 spiro atoms. The highest BCUT2D eigenvalue weighted by Gasteiger charge is 2.24. The van der Waals surface area contributed by atoms with E-state index in [2.05, 4.69) is 15.0 Å². The van der Waals surface area contributed by atoms with Crippen molar-refractivity contribution in [3.8, 4) is 10.6 Å². The van der Waals surface area contributed by atoms with E-state index < -0.39 is 10.0 Å². The number of carbonyl (C=O) groups excluding carboxylic acids is 1. The van der Waals surface area contributed by atoms with Crippen molar-refractivity contribution < 1.29 is 13.2 Å². The number of carbonyl (C=O) groups is 1. The number of nitrogens with zero attached hydrogens (tertiary/aromatic N) is 2. The van der Waals surface area contributed by atoms with Crippen LogP contribution in [-0.4, -0.2) is 50.2 Å². The van der Waals surface area contributed by atoms with Crippen molar-refractivity contribution in [2.24, 2.45) is 5.92 Å². The minimum Gasteiger partial charge on any atom is -0.324 e. The molecule has 1 aromatic heterocycles. The Bertz CT molecular complexity index is 835. The van der Waals surface area contributed by atoms with Crippen LogP contribution < -0.4 is 10.0 Å². The maximum absolute atomic E-state index is 12.5. The molecule has 26 heavy (non-hydrogen) atoms. The summed E-state index contributed by atoms with van der Waals surface area (Å²) in [6.07, 6.45) is 4.69. The lowest BCUT2D eigenvalue weighted by atomic mass is 9.99. The van der Waals surface area contributed by atoms with Gasteiger partial charge < -0.3 is 10.2 Å². The second kappa shape index (κ2) is 8.15. The molecule has 1 aliphatic heterocycles. The highest BCUT2D eigenvalue weighted by molar-refractivity contribution is 7.88. The van der Waals surface area contributed by atoms with E-state index in [4.69, 9.17) is 0 Å². The zero-order valence-electron chi connectivity index (χ0n) is 14.5. The summed E-state index contributed by atoms with van der Waals surface area (Å²) in [7, 11) is -3.21. The third-order valence-corrected chi connectivity index (χ3v) is 5.77. The van der Waals surface area contributed by atoms with E-state index in [-0.39, 0.29) is 11.9 Å². The highest BCUT2D eigenvalue weighted by atomic mass is 32.2. The van der Waals surface area contributed by atoms with Crippen LogP contribution in [0.4, 0.5) is 10.5 Å². The summed E-state index contributed by atoms with van der Waals surface area (Å²) in [5.41, 5.74) is 1.74. The van der Waals surface area contributed by atoms with Crippen molar-refractivity contribution in [3.05, 3.63) is 35.8 Å². The molecule has 1 atom stereocenters. The lowest BCUT2D eigenvalue weighted by molar-refractivity contribution is 0.178. The minimum absolute atomic E-state index is 0.136. The van der Waals surface area contributed by atoms with Gasteiger partial charge in [-0.05, 0) is 43.0 Å². The van der Waals surface area contributed by atoms with Gasteiger partial charge in [0.05, 0.1) is 6.26 Å². The van der Waals surface area contributed by atoms with Crippen molar-refractivity contribution in [2.45, 2.75) is 12.8 Å². The quantitative estimate of drug-likeness (QED) is 0.815. The lowest BCUT2D eigenvalue weighted by Crippen LogP contribution is -2.45. The summed E-state index contributed by atoms with van der Waals surface area (Å²) in [5, 5.41) is 5.78. The van der Waals surface area contributed by atoms with E-state index in [1.807, 2.05) is 29.6 Å². The van der Waals surface area contributed by atoms with Crippen LogP contribution in [0, 0.1) is 5.92 Å². The fourth-order valence-electron chi connectivity index (χ4n) is 2.95. The molecule has 1 saturated heterocycles. The summed E-state index contributed by atoms with van der Waals surface area (Å²) in [4.78, 5) is 18.5. The topological polar surface area (TPSA) is 91.4 Å². The average molecular weight is 395 g/mol. The van der Waals surface area contributed by atoms with Gasteiger partial charge in [-0.3, -0.25) is 0 Å². The molecule has 2 heterocycles. The zero-order chi connectivity index (χ0) is 18.6. The van der Waals surface area contributed by atoms with Gasteiger partial charge in [-0.25, -0.2) is 22.9 Å². The maximum Gasteiger partial charge on any atom is 0.321 e. The molecule has 1 aliphatic rings. The standard InChI is InChI=1S/C17H22N4O3S2/c1-26(23,24)19-11-13-3-2-9-21(12-13)17(22)20-15-6-4-14(5-7-15)16-18-8-10-25-16/h4-8,10,13,19H,2-3,9,11-12H2,1H3,(H,20,22). The SMILES string of the molecule is CS(=O)(=O)NCC1CCCN(C(=O)Nc2ccc(-c3nccs3)cc2)C1. The molecule has 7 nitrogen and oxygen atoms in total. The second-order valence-electron chi connectivity index (χ2n) is 6.42. The molecule has 0 radical (unpaired) electrons. The number of hydrogen-bond acceptors (Lipinski definition) is 5. The first-order valence-corrected chi connectivity index (χ1v) is 11.2. The van der Waals surface area contributed by atoms with Crippen LogP contribution in [0.5, 0.6) is 0 Å². The first kappa shape index (κ1) is 18.8. The summed E-state index contributed by atoms with van der Waals surface area (Å²) < 4.78 is 25.0. The van der Waals surface area contributed by atoms with E-state index in [9.17, 15) is 13.2 Å². The maximum atomic E-state index is 12.5. The third-order valence-electron chi connectivity index (χ3n) is 4.26. The number of anilines is 1. The third kappa shape index (κ3) is 5.26. The zero-order valence-corrected chi connectivity index (χ0v) is 16.1. The van der Waals surface area contributed by atoms with Crippen LogP contribution in [0.1, 0.15) is 12.8 Å². The van der Waals surface area contributed by atoms with E-state index in [0.29, 0.717) is 19.6 Å². The largest absolute Gasteiger partial charge is 0.324 e. The Morgan fingerprint density at radius 1 is 1.35 bits per heavy atom. The van der Waals surface area contributed by atoms with Gasteiger partial charge in [-0.1, -0.05) is 0 Å². The number of benzene rings is 1. The molecular weight excluding hydrogens is 372 g/mol. The fraction of sp³-hybridized carbons (Fsp3) is 0.412. The van der Waals surface area contributed by atoms with Gasteiger partial charge in [0.25, 0.3) is 0 Å². The number of rotatable bonds is 5. The molecule has 2 aromatic rings. The molecule has 1 fully saturated rings. The number of sulfonamides is 1. The van der Waals surface area contributed by atoms with Crippen LogP contribution >= 0.6 is 11.3 Å². The van der Waals surface area contributed by atoms with Crippen LogP contribution in [0.25, 0.3) is 10.6 Å². The predicted molar refractivity (Wildman–Crippen MR) is 104 cm³/mol. The molecule has 1 unspecified atom stereocenters. The second-order valence-corrected chi connectivity index (χ2v) is 9.15. The fourth-order valence-corrected chi connectivity index (χ4v) is 4.13. The Balaban J connectivity index is 1.55. The Labute approximate surface area is 157 Å². The van der Waals surface area contributed by atoms with Crippen LogP contribution in [0.3, 0.4) is 0 Å². The van der Waals surface area contributed by atoms with Gasteiger partial charge in [0.15, 0.2) is 0 Å². The van der Waals surface area contributed by atoms with Gasteiger partial charge in [0.1, 0.15) is 5.01 Å². The van der Waals surface area contributed by atoms with Crippen molar-refractivity contribution in [3.63, 3.8) is 0 Å². The monoisotopic (exact) mass is 394 g/mol. The molecule has 0 aliphatic carbocycles. The highest BCUT2D eigenvalue weighted by Crippen LogP contribution is 2.24. The van der Waals surface area contributed by atoms with Crippen molar-refractivity contribution in [1.82, 2.24) is 14.6 Å². The Hall–Kier alpha value is -1.97. The Kier molecular flexibility index (Phi) is 5.90. The number of aromatic nitrogens is 1.